The molecule has 1 aliphatic rings. The summed E-state index contributed by atoms with van der Waals surface area (Å²) < 4.78 is 9.95. The van der Waals surface area contributed by atoms with Crippen molar-refractivity contribution in [2.45, 2.75) is 32.2 Å². The van der Waals surface area contributed by atoms with Gasteiger partial charge in [0, 0.05) is 0 Å². The summed E-state index contributed by atoms with van der Waals surface area (Å²) in [6.45, 7) is 1.95. The first kappa shape index (κ1) is 14.0. The Hall–Kier alpha value is -1.42. The monoisotopic (exact) mass is 306 g/mol. The number of methoxy groups -OCH3 is 1. The van der Waals surface area contributed by atoms with Crippen LogP contribution in [0.3, 0.4) is 0 Å². The van der Waals surface area contributed by atoms with E-state index in [2.05, 4.69) is 24.6 Å². The van der Waals surface area contributed by atoms with Crippen molar-refractivity contribution in [3.05, 3.63) is 23.8 Å². The summed E-state index contributed by atoms with van der Waals surface area (Å²) in [7, 11) is 1.60. The van der Waals surface area contributed by atoms with E-state index in [0.29, 0.717) is 23.4 Å². The summed E-state index contributed by atoms with van der Waals surface area (Å²) in [6, 6.07) is 5.79. The molecule has 1 aromatic carbocycles. The maximum atomic E-state index is 10.2. The van der Waals surface area contributed by atoms with Gasteiger partial charge in [0.1, 0.15) is 0 Å². The van der Waals surface area contributed by atoms with Crippen LogP contribution in [-0.4, -0.2) is 29.1 Å². The molecule has 1 fully saturated rings. The van der Waals surface area contributed by atoms with Gasteiger partial charge in [-0.25, -0.2) is 0 Å². The Labute approximate surface area is 120 Å². The fourth-order valence-corrected chi connectivity index (χ4v) is 2.07. The molecule has 0 radical (unpaired) electrons. The van der Waals surface area contributed by atoms with Crippen molar-refractivity contribution in [3.63, 3.8) is 0 Å². The Morgan fingerprint density at radius 3 is 2.79 bits per heavy atom. The number of benzene rings is 1. The second-order valence-electron chi connectivity index (χ2n) is 4.63. The molecule has 0 heterocycles. The quantitative estimate of drug-likeness (QED) is 0.225. The standard InChI is InChI=1S/C13H17N3O2.Ni/c1-9-6-7-11(8-12(9)18-2)16(17)13(14)15-10-4-3-5-10;/h6-8,10,17H,3-5H2,1-2H3;/p+1. The molecule has 19 heavy (non-hydrogen) atoms. The van der Waals surface area contributed by atoms with E-state index < -0.39 is 0 Å². The summed E-state index contributed by atoms with van der Waals surface area (Å²) in [5.74, 6) is 1.02. The van der Waals surface area contributed by atoms with Crippen molar-refractivity contribution in [1.82, 2.24) is 5.32 Å². The zero-order valence-electron chi connectivity index (χ0n) is 11.0. The number of aryl methyl sites for hydroxylation is 1. The molecule has 6 heteroatoms. The molecule has 0 spiro atoms. The minimum absolute atomic E-state index is 0.301. The van der Waals surface area contributed by atoms with Gasteiger partial charge in [-0.05, 0) is 0 Å². The van der Waals surface area contributed by atoms with Crippen LogP contribution in [0.25, 0.3) is 0 Å². The molecule has 1 aliphatic carbocycles. The molecule has 2 N–H and O–H groups in total. The van der Waals surface area contributed by atoms with Crippen molar-refractivity contribution >= 4 is 11.6 Å². The average Bonchev–Trinajstić information content (AvgIpc) is 2.37. The second kappa shape index (κ2) is 6.15. The van der Waals surface area contributed by atoms with Gasteiger partial charge in [0.15, 0.2) is 0 Å². The van der Waals surface area contributed by atoms with Gasteiger partial charge in [-0.3, -0.25) is 0 Å². The van der Waals surface area contributed by atoms with E-state index in [0.717, 1.165) is 23.1 Å². The van der Waals surface area contributed by atoms with E-state index in [9.17, 15) is 5.21 Å². The maximum absolute atomic E-state index is 10.2. The van der Waals surface area contributed by atoms with Crippen LogP contribution in [0.15, 0.2) is 22.2 Å². The number of rotatable bonds is 3. The van der Waals surface area contributed by atoms with Gasteiger partial charge in [0.2, 0.25) is 0 Å². The normalized spacial score (nSPS) is 16.4. The third-order valence-corrected chi connectivity index (χ3v) is 3.55. The minimum atomic E-state index is 0.301. The molecule has 0 unspecified atom stereocenters. The molecule has 0 aliphatic heterocycles. The van der Waals surface area contributed by atoms with E-state index >= 15 is 0 Å². The predicted molar refractivity (Wildman–Crippen MR) is 67.6 cm³/mol. The van der Waals surface area contributed by atoms with Gasteiger partial charge in [0.05, 0.1) is 0 Å². The summed E-state index contributed by atoms with van der Waals surface area (Å²) in [5.41, 5.74) is 1.58. The van der Waals surface area contributed by atoms with E-state index in [1.807, 2.05) is 13.0 Å². The number of nitrogens with zero attached hydrogens (tertiary/aromatic N) is 2. The molecule has 1 aromatic rings. The third-order valence-electron chi connectivity index (χ3n) is 3.34. The van der Waals surface area contributed by atoms with Gasteiger partial charge < -0.3 is 0 Å². The molecule has 0 aromatic heterocycles. The van der Waals surface area contributed by atoms with Crippen LogP contribution in [0.2, 0.25) is 0 Å². The Morgan fingerprint density at radius 1 is 1.53 bits per heavy atom. The predicted octanol–water partition coefficient (Wildman–Crippen LogP) is 2.27. The molecule has 0 saturated heterocycles. The van der Waals surface area contributed by atoms with Gasteiger partial charge in [-0.1, -0.05) is 0 Å². The SMILES string of the molecule is COc1cc(/[N+](O)=C(\[N]=[Ni])NC2CCC2)ccc1C. The van der Waals surface area contributed by atoms with Crippen molar-refractivity contribution in [3.8, 4) is 5.75 Å². The van der Waals surface area contributed by atoms with Gasteiger partial charge in [-0.15, -0.1) is 0 Å². The van der Waals surface area contributed by atoms with Crippen LogP contribution in [0, 0.1) is 6.92 Å². The molecule has 2 rings (SSSR count). The Bertz CT molecular complexity index is 513. The Kier molecular flexibility index (Phi) is 4.53. The molecule has 1 saturated carbocycles. The second-order valence-corrected chi connectivity index (χ2v) is 4.85. The molecule has 106 valence electrons. The first-order valence-electron chi connectivity index (χ1n) is 6.22. The zero-order chi connectivity index (χ0) is 13.8. The first-order chi connectivity index (χ1) is 9.15. The van der Waals surface area contributed by atoms with Crippen LogP contribution in [0.4, 0.5) is 5.69 Å². The Morgan fingerprint density at radius 2 is 2.26 bits per heavy atom. The van der Waals surface area contributed by atoms with E-state index in [1.54, 1.807) is 19.2 Å². The van der Waals surface area contributed by atoms with Crippen LogP contribution >= 0.6 is 0 Å². The van der Waals surface area contributed by atoms with Crippen LogP contribution in [-0.2, 0) is 15.3 Å². The van der Waals surface area contributed by atoms with E-state index in [1.165, 1.54) is 6.42 Å². The van der Waals surface area contributed by atoms with E-state index in [4.69, 9.17) is 4.74 Å². The topological polar surface area (TPSA) is 56.9 Å². The van der Waals surface area contributed by atoms with Crippen molar-refractivity contribution in [2.75, 3.05) is 7.11 Å². The van der Waals surface area contributed by atoms with Crippen molar-refractivity contribution < 1.29 is 30.0 Å². The average molecular weight is 307 g/mol. The molecule has 0 atom stereocenters. The fourth-order valence-electron chi connectivity index (χ4n) is 1.91. The number of hydrogen-bond acceptors (Lipinski definition) is 2. The zero-order valence-corrected chi connectivity index (χ0v) is 12.0. The van der Waals surface area contributed by atoms with Gasteiger partial charge in [-0.2, -0.15) is 0 Å². The number of ether oxygens (including phenoxy) is 1. The summed E-state index contributed by atoms with van der Waals surface area (Å²) in [6.07, 6.45) is 3.38. The van der Waals surface area contributed by atoms with Crippen molar-refractivity contribution in [2.24, 2.45) is 4.03 Å². The van der Waals surface area contributed by atoms with Crippen LogP contribution in [0.5, 0.6) is 5.75 Å². The van der Waals surface area contributed by atoms with Gasteiger partial charge in [0.25, 0.3) is 0 Å². The summed E-state index contributed by atoms with van der Waals surface area (Å²) in [5, 5.41) is 13.3. The number of guanidine groups is 1. The molecule has 0 amide bonds. The summed E-state index contributed by atoms with van der Waals surface area (Å²) >= 11 is 4.41. The molecular weight excluding hydrogens is 289 g/mol. The van der Waals surface area contributed by atoms with Gasteiger partial charge >= 0.3 is 120 Å². The number of hydrogen-bond donors (Lipinski definition) is 2. The van der Waals surface area contributed by atoms with Crippen molar-refractivity contribution in [1.29, 1.82) is 0 Å². The molecule has 5 nitrogen and oxygen atoms in total. The first-order valence-corrected chi connectivity index (χ1v) is 6.66. The number of nitrogens with one attached hydrogen (secondary N) is 1. The Balaban J connectivity index is 2.28. The van der Waals surface area contributed by atoms with Crippen LogP contribution < -0.4 is 10.1 Å². The molecular formula is C13H18N3NiO2+. The van der Waals surface area contributed by atoms with Crippen LogP contribution in [0.1, 0.15) is 24.8 Å². The molecule has 0 bridgehead atoms. The third kappa shape index (κ3) is 3.13. The summed E-state index contributed by atoms with van der Waals surface area (Å²) in [4.78, 5) is 0. The fraction of sp³-hybridized carbons (Fsp3) is 0.462. The van der Waals surface area contributed by atoms with E-state index in [-0.39, 0.29) is 0 Å².